The minimum atomic E-state index is -0.0843. The van der Waals surface area contributed by atoms with Crippen LogP contribution in [0.5, 0.6) is 0 Å². The van der Waals surface area contributed by atoms with Crippen LogP contribution in [0, 0.1) is 17.7 Å². The second-order valence-corrected chi connectivity index (χ2v) is 7.13. The minimum absolute atomic E-state index is 0.0843. The largest absolute Gasteiger partial charge is 0.206 e. The molecule has 0 saturated carbocycles. The lowest BCUT2D eigenvalue weighted by molar-refractivity contribution is 0.614. The van der Waals surface area contributed by atoms with E-state index in [4.69, 9.17) is 0 Å². The Balaban J connectivity index is 1.76. The number of unbranched alkanes of at least 4 members (excludes halogenated alkanes) is 1. The first-order valence-electron chi connectivity index (χ1n) is 10.1. The van der Waals surface area contributed by atoms with Crippen molar-refractivity contribution in [2.45, 2.75) is 46.0 Å². The molecule has 28 heavy (non-hydrogen) atoms. The van der Waals surface area contributed by atoms with Crippen LogP contribution in [0.3, 0.4) is 0 Å². The number of rotatable bonds is 6. The molecule has 0 radical (unpaired) electrons. The number of fused-ring (bicyclic) bond motifs is 1. The van der Waals surface area contributed by atoms with Crippen molar-refractivity contribution in [3.05, 3.63) is 94.8 Å². The quantitative estimate of drug-likeness (QED) is 0.317. The van der Waals surface area contributed by atoms with Crippen molar-refractivity contribution >= 4 is 10.8 Å². The topological polar surface area (TPSA) is 0 Å². The van der Waals surface area contributed by atoms with E-state index in [1.165, 1.54) is 5.56 Å². The van der Waals surface area contributed by atoms with Crippen LogP contribution in [0.1, 0.15) is 55.4 Å². The molecule has 0 aliphatic carbocycles. The fourth-order valence-corrected chi connectivity index (χ4v) is 3.29. The Kier molecular flexibility index (Phi) is 7.04. The summed E-state index contributed by atoms with van der Waals surface area (Å²) in [6, 6.07) is 18.1. The number of aryl methyl sites for hydroxylation is 2. The van der Waals surface area contributed by atoms with E-state index in [9.17, 15) is 4.39 Å². The Morgan fingerprint density at radius 1 is 0.893 bits per heavy atom. The summed E-state index contributed by atoms with van der Waals surface area (Å²) in [6.07, 6.45) is 9.27. The molecule has 1 heteroatoms. The Hall–Kier alpha value is -2.85. The van der Waals surface area contributed by atoms with E-state index in [1.54, 1.807) is 0 Å². The average Bonchev–Trinajstić information content (AvgIpc) is 2.73. The molecule has 3 aromatic carbocycles. The summed E-state index contributed by atoms with van der Waals surface area (Å²) < 4.78 is 14.7. The fourth-order valence-electron chi connectivity index (χ4n) is 3.29. The first kappa shape index (κ1) is 19.9. The van der Waals surface area contributed by atoms with Gasteiger partial charge in [0.1, 0.15) is 5.82 Å². The summed E-state index contributed by atoms with van der Waals surface area (Å²) >= 11 is 0. The predicted molar refractivity (Wildman–Crippen MR) is 118 cm³/mol. The maximum Gasteiger partial charge on any atom is 0.134 e. The third-order valence-corrected chi connectivity index (χ3v) is 4.97. The van der Waals surface area contributed by atoms with E-state index >= 15 is 0 Å². The number of halogens is 1. The van der Waals surface area contributed by atoms with Crippen molar-refractivity contribution in [3.63, 3.8) is 0 Å². The molecule has 0 aromatic heterocycles. The van der Waals surface area contributed by atoms with E-state index in [2.05, 4.69) is 55.2 Å². The maximum absolute atomic E-state index is 14.7. The van der Waals surface area contributed by atoms with Gasteiger partial charge in [-0.3, -0.25) is 0 Å². The van der Waals surface area contributed by atoms with Crippen molar-refractivity contribution in [1.82, 2.24) is 0 Å². The fraction of sp³-hybridized carbons (Fsp3) is 0.259. The number of hydrogen-bond donors (Lipinski definition) is 0. The summed E-state index contributed by atoms with van der Waals surface area (Å²) in [5.74, 6) is 6.34. The molecule has 0 aliphatic heterocycles. The van der Waals surface area contributed by atoms with Gasteiger partial charge in [0.25, 0.3) is 0 Å². The van der Waals surface area contributed by atoms with Crippen LogP contribution in [0.15, 0.2) is 66.7 Å². The van der Waals surface area contributed by atoms with Crippen molar-refractivity contribution in [2.75, 3.05) is 0 Å². The molecule has 3 aromatic rings. The molecule has 0 saturated heterocycles. The van der Waals surface area contributed by atoms with Gasteiger partial charge in [-0.1, -0.05) is 67.7 Å². The minimum Gasteiger partial charge on any atom is -0.206 e. The van der Waals surface area contributed by atoms with Crippen molar-refractivity contribution in [3.8, 4) is 11.8 Å². The molecule has 142 valence electrons. The summed E-state index contributed by atoms with van der Waals surface area (Å²) in [4.78, 5) is 0. The van der Waals surface area contributed by atoms with Crippen molar-refractivity contribution < 1.29 is 4.39 Å². The summed E-state index contributed by atoms with van der Waals surface area (Å²) in [5, 5.41) is 1.59. The number of benzene rings is 3. The highest BCUT2D eigenvalue weighted by atomic mass is 19.1. The molecule has 0 spiro atoms. The molecular weight excluding hydrogens is 343 g/mol. The first-order chi connectivity index (χ1) is 13.7. The monoisotopic (exact) mass is 370 g/mol. The smallest absolute Gasteiger partial charge is 0.134 e. The molecule has 0 atom stereocenters. The Morgan fingerprint density at radius 3 is 2.39 bits per heavy atom. The highest BCUT2D eigenvalue weighted by molar-refractivity contribution is 5.85. The molecule has 0 N–H and O–H groups in total. The standard InChI is InChI=1S/C27H27F/c1-3-5-7-8-21-10-12-22(13-11-21)14-15-23-16-19-26-25(20-23)18-17-24(27(26)28)9-6-4-2/h3,5,10-13,16-20H,4,6-9H2,1-2H3/b5-3+. The Bertz CT molecular complexity index is 1010. The van der Waals surface area contributed by atoms with Gasteiger partial charge in [0, 0.05) is 16.5 Å². The highest BCUT2D eigenvalue weighted by Crippen LogP contribution is 2.23. The van der Waals surface area contributed by atoms with Crippen LogP contribution in [0.25, 0.3) is 10.8 Å². The van der Waals surface area contributed by atoms with E-state index in [1.807, 2.05) is 37.3 Å². The van der Waals surface area contributed by atoms with Gasteiger partial charge in [0.05, 0.1) is 0 Å². The third-order valence-electron chi connectivity index (χ3n) is 4.97. The van der Waals surface area contributed by atoms with E-state index < -0.39 is 0 Å². The lowest BCUT2D eigenvalue weighted by Gasteiger charge is -2.06. The SMILES string of the molecule is C/C=C/CCc1ccc(C#Cc2ccc3c(F)c(CCCC)ccc3c2)cc1. The summed E-state index contributed by atoms with van der Waals surface area (Å²) in [5.41, 5.74) is 4.03. The van der Waals surface area contributed by atoms with Gasteiger partial charge in [-0.2, -0.15) is 0 Å². The van der Waals surface area contributed by atoms with Gasteiger partial charge in [-0.25, -0.2) is 4.39 Å². The highest BCUT2D eigenvalue weighted by Gasteiger charge is 2.07. The van der Waals surface area contributed by atoms with E-state index in [-0.39, 0.29) is 5.82 Å². The Labute approximate surface area is 168 Å². The van der Waals surface area contributed by atoms with Crippen LogP contribution in [0.4, 0.5) is 4.39 Å². The lowest BCUT2D eigenvalue weighted by atomic mass is 10.0. The summed E-state index contributed by atoms with van der Waals surface area (Å²) in [7, 11) is 0. The van der Waals surface area contributed by atoms with Crippen LogP contribution in [-0.2, 0) is 12.8 Å². The van der Waals surface area contributed by atoms with E-state index in [0.717, 1.165) is 54.2 Å². The van der Waals surface area contributed by atoms with Gasteiger partial charge in [0.15, 0.2) is 0 Å². The van der Waals surface area contributed by atoms with Crippen LogP contribution >= 0.6 is 0 Å². The molecule has 0 nitrogen and oxygen atoms in total. The normalized spacial score (nSPS) is 11.0. The number of hydrogen-bond acceptors (Lipinski definition) is 0. The van der Waals surface area contributed by atoms with E-state index in [0.29, 0.717) is 5.39 Å². The zero-order chi connectivity index (χ0) is 19.8. The zero-order valence-electron chi connectivity index (χ0n) is 16.8. The second-order valence-electron chi connectivity index (χ2n) is 7.13. The van der Waals surface area contributed by atoms with Gasteiger partial charge < -0.3 is 0 Å². The third kappa shape index (κ3) is 5.11. The molecule has 0 heterocycles. The zero-order valence-corrected chi connectivity index (χ0v) is 16.8. The van der Waals surface area contributed by atoms with Gasteiger partial charge in [-0.05, 0) is 73.4 Å². The Morgan fingerprint density at radius 2 is 1.64 bits per heavy atom. The second kappa shape index (κ2) is 9.90. The first-order valence-corrected chi connectivity index (χ1v) is 10.1. The van der Waals surface area contributed by atoms with Crippen molar-refractivity contribution in [1.29, 1.82) is 0 Å². The van der Waals surface area contributed by atoms with Crippen molar-refractivity contribution in [2.24, 2.45) is 0 Å². The molecule has 0 fully saturated rings. The molecule has 0 aliphatic rings. The van der Waals surface area contributed by atoms with Crippen LogP contribution < -0.4 is 0 Å². The molecule has 3 rings (SSSR count). The van der Waals surface area contributed by atoms with Gasteiger partial charge >= 0.3 is 0 Å². The maximum atomic E-state index is 14.7. The molecule has 0 amide bonds. The van der Waals surface area contributed by atoms with Crippen LogP contribution in [-0.4, -0.2) is 0 Å². The molecule has 0 bridgehead atoms. The lowest BCUT2D eigenvalue weighted by Crippen LogP contribution is -1.92. The molecule has 0 unspecified atom stereocenters. The summed E-state index contributed by atoms with van der Waals surface area (Å²) in [6.45, 7) is 4.17. The van der Waals surface area contributed by atoms with Gasteiger partial charge in [0.2, 0.25) is 0 Å². The van der Waals surface area contributed by atoms with Gasteiger partial charge in [-0.15, -0.1) is 0 Å². The molecular formula is C27H27F. The van der Waals surface area contributed by atoms with Crippen LogP contribution in [0.2, 0.25) is 0 Å². The predicted octanol–water partition coefficient (Wildman–Crippen LogP) is 7.23. The number of allylic oxidation sites excluding steroid dienone is 2. The average molecular weight is 371 g/mol.